The molecule has 0 atom stereocenters. The van der Waals surface area contributed by atoms with Crippen LogP contribution in [-0.2, 0) is 0 Å². The van der Waals surface area contributed by atoms with Gasteiger partial charge in [-0.2, -0.15) is 0 Å². The highest BCUT2D eigenvalue weighted by molar-refractivity contribution is 5.90. The molecule has 1 fully saturated rings. The van der Waals surface area contributed by atoms with Gasteiger partial charge < -0.3 is 14.8 Å². The molecule has 114 valence electrons. The molecule has 1 aliphatic heterocycles. The predicted molar refractivity (Wildman–Crippen MR) is 85.5 cm³/mol. The van der Waals surface area contributed by atoms with Gasteiger partial charge >= 0.3 is 5.97 Å². The van der Waals surface area contributed by atoms with Crippen molar-refractivity contribution < 1.29 is 14.7 Å². The topological polar surface area (TPSA) is 61.8 Å². The van der Waals surface area contributed by atoms with E-state index in [9.17, 15) is 9.90 Å². The van der Waals surface area contributed by atoms with Crippen LogP contribution in [0.25, 0.3) is 0 Å². The van der Waals surface area contributed by atoms with Gasteiger partial charge in [0.05, 0.1) is 11.3 Å². The molecule has 1 saturated heterocycles. The molecule has 3 rings (SSSR count). The molecule has 0 radical (unpaired) electrons. The van der Waals surface area contributed by atoms with Crippen molar-refractivity contribution >= 4 is 17.3 Å². The number of anilines is 2. The summed E-state index contributed by atoms with van der Waals surface area (Å²) in [6.45, 7) is 1.92. The summed E-state index contributed by atoms with van der Waals surface area (Å²) in [6, 6.07) is 14.5. The second-order valence-corrected chi connectivity index (χ2v) is 5.29. The number of hydrogen-bond acceptors (Lipinski definition) is 4. The molecule has 1 heterocycles. The maximum atomic E-state index is 11.3. The maximum absolute atomic E-state index is 11.3. The number of para-hydroxylation sites is 1. The largest absolute Gasteiger partial charge is 0.478 e. The number of carboxylic acids is 1. The van der Waals surface area contributed by atoms with Crippen LogP contribution < -0.4 is 15.2 Å². The summed E-state index contributed by atoms with van der Waals surface area (Å²) in [5.41, 5.74) is 4.63. The molecular weight excluding hydrogens is 280 g/mol. The van der Waals surface area contributed by atoms with Crippen molar-refractivity contribution in [3.8, 4) is 5.75 Å². The minimum Gasteiger partial charge on any atom is -0.478 e. The molecule has 0 unspecified atom stereocenters. The highest BCUT2D eigenvalue weighted by Gasteiger charge is 2.15. The number of carbonyl (C=O) groups is 1. The Bertz CT molecular complexity index is 652. The molecule has 2 N–H and O–H groups in total. The normalized spacial score (nSPS) is 13.9. The van der Waals surface area contributed by atoms with Crippen LogP contribution in [0, 0.1) is 0 Å². The molecule has 0 aliphatic carbocycles. The molecule has 0 spiro atoms. The third-order valence-corrected chi connectivity index (χ3v) is 3.67. The van der Waals surface area contributed by atoms with Gasteiger partial charge in [0.2, 0.25) is 0 Å². The Labute approximate surface area is 129 Å². The number of nitrogens with zero attached hydrogens (tertiary/aromatic N) is 1. The molecule has 0 aromatic heterocycles. The summed E-state index contributed by atoms with van der Waals surface area (Å²) < 4.78 is 0. The summed E-state index contributed by atoms with van der Waals surface area (Å²) in [5, 5.41) is 9.27. The number of nitrogens with one attached hydrogen (secondary N) is 1. The van der Waals surface area contributed by atoms with E-state index in [-0.39, 0.29) is 5.56 Å². The van der Waals surface area contributed by atoms with Crippen LogP contribution in [0.4, 0.5) is 11.4 Å². The SMILES string of the molecule is O=C(O)c1cc(NOc2ccccc2)cc(N2CCCC2)c1. The van der Waals surface area contributed by atoms with E-state index in [0.29, 0.717) is 11.4 Å². The molecule has 5 heteroatoms. The highest BCUT2D eigenvalue weighted by atomic mass is 16.6. The fourth-order valence-electron chi connectivity index (χ4n) is 2.56. The highest BCUT2D eigenvalue weighted by Crippen LogP contribution is 2.26. The average Bonchev–Trinajstić information content (AvgIpc) is 3.08. The smallest absolute Gasteiger partial charge is 0.335 e. The first-order valence-electron chi connectivity index (χ1n) is 7.33. The zero-order valence-electron chi connectivity index (χ0n) is 12.2. The second kappa shape index (κ2) is 6.39. The lowest BCUT2D eigenvalue weighted by molar-refractivity contribution is 0.0697. The van der Waals surface area contributed by atoms with E-state index in [1.807, 2.05) is 36.4 Å². The second-order valence-electron chi connectivity index (χ2n) is 5.29. The van der Waals surface area contributed by atoms with Gasteiger partial charge in [-0.25, -0.2) is 10.3 Å². The lowest BCUT2D eigenvalue weighted by atomic mass is 10.1. The summed E-state index contributed by atoms with van der Waals surface area (Å²) in [7, 11) is 0. The lowest BCUT2D eigenvalue weighted by Crippen LogP contribution is -2.18. The van der Waals surface area contributed by atoms with Gasteiger partial charge in [0.25, 0.3) is 0 Å². The van der Waals surface area contributed by atoms with Gasteiger partial charge in [-0.15, -0.1) is 0 Å². The Kier molecular flexibility index (Phi) is 4.14. The van der Waals surface area contributed by atoms with Crippen molar-refractivity contribution in [2.24, 2.45) is 0 Å². The monoisotopic (exact) mass is 298 g/mol. The molecule has 0 saturated carbocycles. The zero-order valence-corrected chi connectivity index (χ0v) is 12.2. The quantitative estimate of drug-likeness (QED) is 0.829. The molecule has 2 aromatic rings. The first-order chi connectivity index (χ1) is 10.7. The minimum absolute atomic E-state index is 0.253. The molecule has 22 heavy (non-hydrogen) atoms. The fourth-order valence-corrected chi connectivity index (χ4v) is 2.56. The number of hydrogen-bond donors (Lipinski definition) is 2. The Morgan fingerprint density at radius 3 is 2.50 bits per heavy atom. The van der Waals surface area contributed by atoms with Crippen LogP contribution in [0.1, 0.15) is 23.2 Å². The van der Waals surface area contributed by atoms with Crippen LogP contribution in [0.3, 0.4) is 0 Å². The summed E-state index contributed by atoms with van der Waals surface area (Å²) in [4.78, 5) is 19.0. The number of benzene rings is 2. The Morgan fingerprint density at radius 1 is 1.09 bits per heavy atom. The van der Waals surface area contributed by atoms with Crippen LogP contribution in [-0.4, -0.2) is 24.2 Å². The average molecular weight is 298 g/mol. The number of rotatable bonds is 5. The van der Waals surface area contributed by atoms with Crippen LogP contribution >= 0.6 is 0 Å². The fraction of sp³-hybridized carbons (Fsp3) is 0.235. The van der Waals surface area contributed by atoms with Crippen molar-refractivity contribution in [2.75, 3.05) is 23.5 Å². The van der Waals surface area contributed by atoms with E-state index >= 15 is 0 Å². The van der Waals surface area contributed by atoms with E-state index in [2.05, 4.69) is 10.4 Å². The first kappa shape index (κ1) is 14.3. The van der Waals surface area contributed by atoms with Gasteiger partial charge in [-0.05, 0) is 43.2 Å². The van der Waals surface area contributed by atoms with Gasteiger partial charge in [-0.3, -0.25) is 0 Å². The third-order valence-electron chi connectivity index (χ3n) is 3.67. The summed E-state index contributed by atoms with van der Waals surface area (Å²) >= 11 is 0. The predicted octanol–water partition coefficient (Wildman–Crippen LogP) is 3.39. The van der Waals surface area contributed by atoms with Crippen molar-refractivity contribution in [1.29, 1.82) is 0 Å². The summed E-state index contributed by atoms with van der Waals surface area (Å²) in [6.07, 6.45) is 2.28. The third kappa shape index (κ3) is 3.31. The molecule has 0 amide bonds. The van der Waals surface area contributed by atoms with Gasteiger partial charge in [-0.1, -0.05) is 18.2 Å². The molecule has 1 aliphatic rings. The van der Waals surface area contributed by atoms with Crippen LogP contribution in [0.2, 0.25) is 0 Å². The Morgan fingerprint density at radius 2 is 1.82 bits per heavy atom. The van der Waals surface area contributed by atoms with Crippen molar-refractivity contribution in [3.63, 3.8) is 0 Å². The first-order valence-corrected chi connectivity index (χ1v) is 7.33. The molecule has 5 nitrogen and oxygen atoms in total. The maximum Gasteiger partial charge on any atom is 0.335 e. The van der Waals surface area contributed by atoms with Crippen molar-refractivity contribution in [3.05, 3.63) is 54.1 Å². The van der Waals surface area contributed by atoms with Gasteiger partial charge in [0, 0.05) is 18.8 Å². The van der Waals surface area contributed by atoms with Crippen molar-refractivity contribution in [2.45, 2.75) is 12.8 Å². The number of carboxylic acid groups (broad SMARTS) is 1. The Balaban J connectivity index is 1.81. The van der Waals surface area contributed by atoms with E-state index in [0.717, 1.165) is 31.6 Å². The van der Waals surface area contributed by atoms with E-state index < -0.39 is 5.97 Å². The van der Waals surface area contributed by atoms with Crippen molar-refractivity contribution in [1.82, 2.24) is 0 Å². The molecular formula is C17H18N2O3. The lowest BCUT2D eigenvalue weighted by Gasteiger charge is -2.19. The van der Waals surface area contributed by atoms with E-state index in [4.69, 9.17) is 4.84 Å². The number of aromatic carboxylic acids is 1. The summed E-state index contributed by atoms with van der Waals surface area (Å²) in [5.74, 6) is -0.269. The van der Waals surface area contributed by atoms with Gasteiger partial charge in [0.15, 0.2) is 5.75 Å². The van der Waals surface area contributed by atoms with Crippen LogP contribution in [0.5, 0.6) is 5.75 Å². The van der Waals surface area contributed by atoms with E-state index in [1.54, 1.807) is 12.1 Å². The molecule has 2 aromatic carbocycles. The minimum atomic E-state index is -0.941. The zero-order chi connectivity index (χ0) is 15.4. The van der Waals surface area contributed by atoms with Gasteiger partial charge in [0.1, 0.15) is 0 Å². The Hall–Kier alpha value is -2.69. The molecule has 0 bridgehead atoms. The standard InChI is InChI=1S/C17H18N2O3/c20-17(21)13-10-14(18-22-16-6-2-1-3-7-16)12-15(11-13)19-8-4-5-9-19/h1-3,6-7,10-12,18H,4-5,8-9H2,(H,20,21). The van der Waals surface area contributed by atoms with E-state index in [1.165, 1.54) is 0 Å². The van der Waals surface area contributed by atoms with Crippen LogP contribution in [0.15, 0.2) is 48.5 Å².